The monoisotopic (exact) mass is 137 g/mol. The lowest BCUT2D eigenvalue weighted by molar-refractivity contribution is 0.0375. The van der Waals surface area contributed by atoms with Gasteiger partial charge >= 0.3 is 0 Å². The van der Waals surface area contributed by atoms with E-state index in [9.17, 15) is 0 Å². The zero-order valence-corrected chi connectivity index (χ0v) is 5.97. The van der Waals surface area contributed by atoms with Gasteiger partial charge in [0.2, 0.25) is 0 Å². The van der Waals surface area contributed by atoms with Crippen LogP contribution in [-0.2, 0) is 4.74 Å². The first-order chi connectivity index (χ1) is 4.89. The molecule has 3 rings (SSSR count). The fraction of sp³-hybridized carbons (Fsp3) is 0.875. The van der Waals surface area contributed by atoms with Crippen LogP contribution in [0.25, 0.3) is 0 Å². The van der Waals surface area contributed by atoms with Crippen LogP contribution in [0.15, 0.2) is 4.99 Å². The van der Waals surface area contributed by atoms with Gasteiger partial charge in [0, 0.05) is 11.8 Å². The van der Waals surface area contributed by atoms with Crippen molar-refractivity contribution < 1.29 is 4.74 Å². The number of nitrogens with zero attached hydrogens (tertiary/aromatic N) is 1. The largest absolute Gasteiger partial charge is 0.475 e. The van der Waals surface area contributed by atoms with Crippen molar-refractivity contribution in [2.45, 2.75) is 31.8 Å². The van der Waals surface area contributed by atoms with Crippen molar-refractivity contribution in [2.75, 3.05) is 6.54 Å². The highest BCUT2D eigenvalue weighted by Crippen LogP contribution is 2.53. The van der Waals surface area contributed by atoms with Crippen molar-refractivity contribution in [1.29, 1.82) is 0 Å². The van der Waals surface area contributed by atoms with Gasteiger partial charge in [-0.3, -0.25) is 4.99 Å². The van der Waals surface area contributed by atoms with Crippen LogP contribution in [0.2, 0.25) is 0 Å². The molecule has 1 spiro atoms. The minimum absolute atomic E-state index is 0.483. The van der Waals surface area contributed by atoms with Gasteiger partial charge in [0.1, 0.15) is 6.10 Å². The normalized spacial score (nSPS) is 39.2. The van der Waals surface area contributed by atoms with Gasteiger partial charge in [-0.2, -0.15) is 0 Å². The molecule has 10 heavy (non-hydrogen) atoms. The first-order valence-corrected chi connectivity index (χ1v) is 4.09. The predicted molar refractivity (Wildman–Crippen MR) is 38.1 cm³/mol. The van der Waals surface area contributed by atoms with E-state index in [4.69, 9.17) is 4.74 Å². The summed E-state index contributed by atoms with van der Waals surface area (Å²) in [5.41, 5.74) is 0.580. The zero-order chi connectivity index (χ0) is 6.60. The molecule has 1 saturated carbocycles. The van der Waals surface area contributed by atoms with Crippen LogP contribution in [-0.4, -0.2) is 18.5 Å². The molecule has 0 aromatic heterocycles. The van der Waals surface area contributed by atoms with Gasteiger partial charge in [0.05, 0.1) is 6.54 Å². The summed E-state index contributed by atoms with van der Waals surface area (Å²) in [6, 6.07) is 0. The maximum Gasteiger partial charge on any atom is 0.184 e. The molecule has 2 nitrogen and oxygen atoms in total. The van der Waals surface area contributed by atoms with E-state index in [1.54, 1.807) is 0 Å². The molecule has 0 unspecified atom stereocenters. The van der Waals surface area contributed by atoms with E-state index >= 15 is 0 Å². The molecule has 0 aromatic rings. The summed E-state index contributed by atoms with van der Waals surface area (Å²) >= 11 is 0. The number of aliphatic imine (C=N–C) groups is 1. The van der Waals surface area contributed by atoms with Crippen molar-refractivity contribution in [3.63, 3.8) is 0 Å². The van der Waals surface area contributed by atoms with Crippen molar-refractivity contribution in [2.24, 2.45) is 10.4 Å². The Labute approximate surface area is 60.3 Å². The molecule has 0 amide bonds. The third kappa shape index (κ3) is 0.414. The Morgan fingerprint density at radius 2 is 2.40 bits per heavy atom. The molecule has 0 aromatic carbocycles. The SMILES string of the molecule is C1CC2(C1)CC1=NC[C@H]2O1. The smallest absolute Gasteiger partial charge is 0.184 e. The standard InChI is InChI=1S/C8H11NO/c1-2-8(3-1)4-7-9-5-6(8)10-7/h6H,1-5H2/t6-/m1/s1. The lowest BCUT2D eigenvalue weighted by Crippen LogP contribution is -2.39. The number of hydrogen-bond donors (Lipinski definition) is 0. The summed E-state index contributed by atoms with van der Waals surface area (Å²) in [7, 11) is 0. The van der Waals surface area contributed by atoms with E-state index in [2.05, 4.69) is 4.99 Å². The van der Waals surface area contributed by atoms with Crippen LogP contribution in [0, 0.1) is 5.41 Å². The predicted octanol–water partition coefficient (Wildman–Crippen LogP) is 1.36. The highest BCUT2D eigenvalue weighted by atomic mass is 16.5. The summed E-state index contributed by atoms with van der Waals surface area (Å²) < 4.78 is 5.58. The van der Waals surface area contributed by atoms with E-state index < -0.39 is 0 Å². The van der Waals surface area contributed by atoms with Crippen molar-refractivity contribution in [3.05, 3.63) is 0 Å². The van der Waals surface area contributed by atoms with Crippen LogP contribution in [0.3, 0.4) is 0 Å². The number of ether oxygens (including phenoxy) is 1. The highest BCUT2D eigenvalue weighted by Gasteiger charge is 2.53. The Bertz CT molecular complexity index is 205. The van der Waals surface area contributed by atoms with Crippen LogP contribution in [0.4, 0.5) is 0 Å². The molecule has 1 saturated heterocycles. The quantitative estimate of drug-likeness (QED) is 0.494. The molecule has 2 aliphatic heterocycles. The van der Waals surface area contributed by atoms with Crippen molar-refractivity contribution >= 4 is 5.90 Å². The molecule has 1 atom stereocenters. The van der Waals surface area contributed by atoms with Gasteiger partial charge in [0.25, 0.3) is 0 Å². The summed E-state index contributed by atoms with van der Waals surface area (Å²) in [4.78, 5) is 4.28. The number of fused-ring (bicyclic) bond motifs is 3. The lowest BCUT2D eigenvalue weighted by atomic mass is 9.64. The molecular weight excluding hydrogens is 126 g/mol. The minimum Gasteiger partial charge on any atom is -0.475 e. The molecule has 2 heterocycles. The van der Waals surface area contributed by atoms with Crippen LogP contribution in [0.1, 0.15) is 25.7 Å². The van der Waals surface area contributed by atoms with Crippen LogP contribution < -0.4 is 0 Å². The Balaban J connectivity index is 1.97. The van der Waals surface area contributed by atoms with Gasteiger partial charge in [-0.1, -0.05) is 6.42 Å². The summed E-state index contributed by atoms with van der Waals surface area (Å²) in [6.07, 6.45) is 5.81. The van der Waals surface area contributed by atoms with Gasteiger partial charge in [-0.05, 0) is 12.8 Å². The summed E-state index contributed by atoms with van der Waals surface area (Å²) in [5.74, 6) is 1.05. The second kappa shape index (κ2) is 1.39. The molecule has 54 valence electrons. The van der Waals surface area contributed by atoms with Crippen LogP contribution in [0.5, 0.6) is 0 Å². The second-order valence-electron chi connectivity index (χ2n) is 3.73. The molecule has 3 aliphatic rings. The Morgan fingerprint density at radius 3 is 2.70 bits per heavy atom. The van der Waals surface area contributed by atoms with E-state index in [-0.39, 0.29) is 0 Å². The maximum absolute atomic E-state index is 5.58. The molecule has 2 fully saturated rings. The third-order valence-corrected chi connectivity index (χ3v) is 3.25. The number of rotatable bonds is 0. The van der Waals surface area contributed by atoms with Gasteiger partial charge in [0.15, 0.2) is 5.90 Å². The van der Waals surface area contributed by atoms with Crippen molar-refractivity contribution in [1.82, 2.24) is 0 Å². The summed E-state index contributed by atoms with van der Waals surface area (Å²) in [6.45, 7) is 0.954. The second-order valence-corrected chi connectivity index (χ2v) is 3.73. The fourth-order valence-electron chi connectivity index (χ4n) is 2.38. The molecule has 0 radical (unpaired) electrons. The minimum atomic E-state index is 0.483. The van der Waals surface area contributed by atoms with Crippen LogP contribution >= 0.6 is 0 Å². The first kappa shape index (κ1) is 5.16. The zero-order valence-electron chi connectivity index (χ0n) is 5.97. The Hall–Kier alpha value is -0.530. The van der Waals surface area contributed by atoms with Gasteiger partial charge < -0.3 is 4.74 Å². The van der Waals surface area contributed by atoms with Gasteiger partial charge in [-0.25, -0.2) is 0 Å². The number of hydrogen-bond acceptors (Lipinski definition) is 2. The maximum atomic E-state index is 5.58. The first-order valence-electron chi connectivity index (χ1n) is 4.09. The molecule has 2 heteroatoms. The molecular formula is C8H11NO. The van der Waals surface area contributed by atoms with E-state index in [0.717, 1.165) is 18.9 Å². The van der Waals surface area contributed by atoms with Crippen molar-refractivity contribution in [3.8, 4) is 0 Å². The van der Waals surface area contributed by atoms with E-state index in [0.29, 0.717) is 11.5 Å². The third-order valence-electron chi connectivity index (χ3n) is 3.25. The lowest BCUT2D eigenvalue weighted by Gasteiger charge is -2.40. The average molecular weight is 137 g/mol. The van der Waals surface area contributed by atoms with Gasteiger partial charge in [-0.15, -0.1) is 0 Å². The highest BCUT2D eigenvalue weighted by molar-refractivity contribution is 5.81. The summed E-state index contributed by atoms with van der Waals surface area (Å²) in [5, 5.41) is 0. The fourth-order valence-corrected chi connectivity index (χ4v) is 2.38. The van der Waals surface area contributed by atoms with E-state index in [1.807, 2.05) is 0 Å². The Morgan fingerprint density at radius 1 is 1.50 bits per heavy atom. The molecule has 2 bridgehead atoms. The van der Waals surface area contributed by atoms with E-state index in [1.165, 1.54) is 19.3 Å². The average Bonchev–Trinajstić information content (AvgIpc) is 2.40. The Kier molecular flexibility index (Phi) is 0.715. The topological polar surface area (TPSA) is 21.6 Å². The molecule has 1 aliphatic carbocycles. The molecule has 0 N–H and O–H groups in total.